The minimum absolute atomic E-state index is 0.574. The second-order valence-electron chi connectivity index (χ2n) is 2.28. The Hall–Kier alpha value is -0.340. The highest BCUT2D eigenvalue weighted by Gasteiger charge is 2.07. The highest BCUT2D eigenvalue weighted by molar-refractivity contribution is 4.96. The first-order chi connectivity index (χ1) is 4.43. The van der Waals surface area contributed by atoms with Crippen molar-refractivity contribution in [1.82, 2.24) is 10.6 Å². The van der Waals surface area contributed by atoms with Gasteiger partial charge < -0.3 is 5.32 Å². The molecule has 0 aromatic heterocycles. The van der Waals surface area contributed by atoms with Crippen molar-refractivity contribution < 1.29 is 0 Å². The van der Waals surface area contributed by atoms with Gasteiger partial charge in [-0.2, -0.15) is 0 Å². The lowest BCUT2D eigenvalue weighted by Crippen LogP contribution is -2.20. The molecule has 0 amide bonds. The van der Waals surface area contributed by atoms with E-state index in [4.69, 9.17) is 0 Å². The zero-order valence-electron chi connectivity index (χ0n) is 5.85. The number of rotatable bonds is 2. The van der Waals surface area contributed by atoms with Crippen molar-refractivity contribution in [2.75, 3.05) is 13.2 Å². The third-order valence-electron chi connectivity index (χ3n) is 1.46. The Morgan fingerprint density at radius 3 is 3.11 bits per heavy atom. The monoisotopic (exact) mass is 126 g/mol. The summed E-state index contributed by atoms with van der Waals surface area (Å²) in [5.74, 6) is 0. The summed E-state index contributed by atoms with van der Waals surface area (Å²) in [5.41, 5.74) is 0. The number of hydrogen-bond acceptors (Lipinski definition) is 2. The van der Waals surface area contributed by atoms with Gasteiger partial charge in [0.05, 0.1) is 0 Å². The molecule has 2 N–H and O–H groups in total. The van der Waals surface area contributed by atoms with E-state index in [0.29, 0.717) is 6.04 Å². The highest BCUT2D eigenvalue weighted by atomic mass is 15.2. The van der Waals surface area contributed by atoms with Crippen LogP contribution in [0.15, 0.2) is 12.2 Å². The van der Waals surface area contributed by atoms with Crippen LogP contribution in [0.4, 0.5) is 0 Å². The molecule has 0 aromatic rings. The molecule has 1 heterocycles. The number of nitrogens with one attached hydrogen (secondary N) is 2. The molecule has 1 saturated heterocycles. The van der Waals surface area contributed by atoms with E-state index >= 15 is 0 Å². The van der Waals surface area contributed by atoms with Gasteiger partial charge in [-0.25, -0.2) is 0 Å². The quantitative estimate of drug-likeness (QED) is 0.526. The molecular formula is C7H14N2. The third kappa shape index (κ3) is 2.16. The number of allylic oxidation sites excluding steroid dienone is 1. The van der Waals surface area contributed by atoms with E-state index < -0.39 is 0 Å². The zero-order chi connectivity index (χ0) is 6.53. The summed E-state index contributed by atoms with van der Waals surface area (Å²) >= 11 is 0. The molecule has 0 saturated carbocycles. The van der Waals surface area contributed by atoms with E-state index in [9.17, 15) is 0 Å². The molecule has 2 heteroatoms. The molecule has 0 spiro atoms. The molecule has 1 fully saturated rings. The van der Waals surface area contributed by atoms with E-state index in [1.165, 1.54) is 0 Å². The van der Waals surface area contributed by atoms with Gasteiger partial charge in [-0.1, -0.05) is 19.1 Å². The minimum atomic E-state index is 0.574. The summed E-state index contributed by atoms with van der Waals surface area (Å²) in [7, 11) is 0. The Bertz CT molecular complexity index is 93.1. The molecule has 0 radical (unpaired) electrons. The van der Waals surface area contributed by atoms with Crippen LogP contribution in [0.25, 0.3) is 0 Å². The molecule has 0 aromatic carbocycles. The molecule has 1 unspecified atom stereocenters. The van der Waals surface area contributed by atoms with Crippen molar-refractivity contribution in [1.29, 1.82) is 0 Å². The maximum Gasteiger partial charge on any atom is 0.0460 e. The first kappa shape index (κ1) is 6.78. The van der Waals surface area contributed by atoms with Crippen molar-refractivity contribution in [3.05, 3.63) is 12.2 Å². The summed E-state index contributed by atoms with van der Waals surface area (Å²) in [6.07, 6.45) is 5.56. The fourth-order valence-electron chi connectivity index (χ4n) is 0.940. The van der Waals surface area contributed by atoms with Crippen molar-refractivity contribution in [2.45, 2.75) is 19.4 Å². The Kier molecular flexibility index (Phi) is 2.74. The smallest absolute Gasteiger partial charge is 0.0460 e. The maximum atomic E-state index is 3.29. The molecule has 52 valence electrons. The van der Waals surface area contributed by atoms with E-state index in [0.717, 1.165) is 19.6 Å². The normalized spacial score (nSPS) is 27.9. The third-order valence-corrected chi connectivity index (χ3v) is 1.46. The molecule has 2 nitrogen and oxygen atoms in total. The van der Waals surface area contributed by atoms with Gasteiger partial charge in [0.1, 0.15) is 0 Å². The van der Waals surface area contributed by atoms with Gasteiger partial charge in [-0.05, 0) is 6.42 Å². The predicted octanol–water partition coefficient (Wildman–Crippen LogP) is 0.471. The van der Waals surface area contributed by atoms with Crippen LogP contribution in [0.2, 0.25) is 0 Å². The largest absolute Gasteiger partial charge is 0.303 e. The lowest BCUT2D eigenvalue weighted by Gasteiger charge is -1.98. The van der Waals surface area contributed by atoms with E-state index in [2.05, 4.69) is 29.7 Å². The van der Waals surface area contributed by atoms with Crippen molar-refractivity contribution in [3.8, 4) is 0 Å². The van der Waals surface area contributed by atoms with Crippen LogP contribution >= 0.6 is 0 Å². The lowest BCUT2D eigenvalue weighted by molar-refractivity contribution is 0.748. The summed E-state index contributed by atoms with van der Waals surface area (Å²) in [6, 6.07) is 0.574. The van der Waals surface area contributed by atoms with Gasteiger partial charge >= 0.3 is 0 Å². The Balaban J connectivity index is 2.18. The minimum Gasteiger partial charge on any atom is -0.303 e. The van der Waals surface area contributed by atoms with Gasteiger partial charge in [-0.3, -0.25) is 5.32 Å². The van der Waals surface area contributed by atoms with Crippen LogP contribution in [0.3, 0.4) is 0 Å². The number of hydrogen-bond donors (Lipinski definition) is 2. The molecule has 1 atom stereocenters. The topological polar surface area (TPSA) is 24.1 Å². The Labute approximate surface area is 56.3 Å². The molecule has 1 rings (SSSR count). The average Bonchev–Trinajstić information content (AvgIpc) is 2.34. The van der Waals surface area contributed by atoms with Crippen LogP contribution in [0.1, 0.15) is 13.3 Å². The van der Waals surface area contributed by atoms with E-state index in [1.807, 2.05) is 0 Å². The SMILES string of the molecule is CCC=CC1CNCN1. The lowest BCUT2D eigenvalue weighted by atomic mass is 10.3. The molecule has 9 heavy (non-hydrogen) atoms. The molecule has 0 aliphatic carbocycles. The van der Waals surface area contributed by atoms with Gasteiger partial charge in [0.15, 0.2) is 0 Å². The Morgan fingerprint density at radius 1 is 1.67 bits per heavy atom. The molecule has 1 aliphatic heterocycles. The predicted molar refractivity (Wildman–Crippen MR) is 39.2 cm³/mol. The van der Waals surface area contributed by atoms with Gasteiger partial charge in [-0.15, -0.1) is 0 Å². The average molecular weight is 126 g/mol. The van der Waals surface area contributed by atoms with Crippen molar-refractivity contribution in [2.24, 2.45) is 0 Å². The summed E-state index contributed by atoms with van der Waals surface area (Å²) in [4.78, 5) is 0. The van der Waals surface area contributed by atoms with Crippen LogP contribution in [0.5, 0.6) is 0 Å². The van der Waals surface area contributed by atoms with Crippen LogP contribution in [-0.2, 0) is 0 Å². The van der Waals surface area contributed by atoms with Gasteiger partial charge in [0, 0.05) is 19.3 Å². The van der Waals surface area contributed by atoms with Crippen LogP contribution in [0, 0.1) is 0 Å². The zero-order valence-corrected chi connectivity index (χ0v) is 5.85. The fourth-order valence-corrected chi connectivity index (χ4v) is 0.940. The van der Waals surface area contributed by atoms with Crippen molar-refractivity contribution in [3.63, 3.8) is 0 Å². The highest BCUT2D eigenvalue weighted by Crippen LogP contribution is 1.90. The first-order valence-electron chi connectivity index (χ1n) is 3.54. The Morgan fingerprint density at radius 2 is 2.56 bits per heavy atom. The van der Waals surface area contributed by atoms with Crippen LogP contribution < -0.4 is 10.6 Å². The fraction of sp³-hybridized carbons (Fsp3) is 0.714. The second kappa shape index (κ2) is 3.64. The molecular weight excluding hydrogens is 112 g/mol. The summed E-state index contributed by atoms with van der Waals surface area (Å²) in [6.45, 7) is 4.19. The summed E-state index contributed by atoms with van der Waals surface area (Å²) in [5, 5.41) is 6.51. The van der Waals surface area contributed by atoms with E-state index in [1.54, 1.807) is 0 Å². The second-order valence-corrected chi connectivity index (χ2v) is 2.28. The maximum absolute atomic E-state index is 3.29. The van der Waals surface area contributed by atoms with Crippen LogP contribution in [-0.4, -0.2) is 19.3 Å². The summed E-state index contributed by atoms with van der Waals surface area (Å²) < 4.78 is 0. The van der Waals surface area contributed by atoms with Gasteiger partial charge in [0.25, 0.3) is 0 Å². The van der Waals surface area contributed by atoms with Gasteiger partial charge in [0.2, 0.25) is 0 Å². The van der Waals surface area contributed by atoms with E-state index in [-0.39, 0.29) is 0 Å². The first-order valence-corrected chi connectivity index (χ1v) is 3.54. The molecule has 1 aliphatic rings. The van der Waals surface area contributed by atoms with Crippen molar-refractivity contribution >= 4 is 0 Å². The standard InChI is InChI=1S/C7H14N2/c1-2-3-4-7-5-8-6-9-7/h3-4,7-9H,2,5-6H2,1H3. The molecule has 0 bridgehead atoms.